The van der Waals surface area contributed by atoms with Crippen molar-refractivity contribution in [3.63, 3.8) is 0 Å². The predicted octanol–water partition coefficient (Wildman–Crippen LogP) is 1.67. The van der Waals surface area contributed by atoms with Crippen LogP contribution >= 0.6 is 0 Å². The molecule has 2 rings (SSSR count). The third-order valence-corrected chi connectivity index (χ3v) is 3.63. The predicted molar refractivity (Wildman–Crippen MR) is 68.1 cm³/mol. The largest absolute Gasteiger partial charge is 0.394 e. The molecule has 2 N–H and O–H groups in total. The summed E-state index contributed by atoms with van der Waals surface area (Å²) in [5.74, 6) is 0.0598. The molecule has 18 heavy (non-hydrogen) atoms. The molecule has 1 aliphatic rings. The van der Waals surface area contributed by atoms with E-state index in [1.165, 1.54) is 12.1 Å². The Morgan fingerprint density at radius 3 is 2.72 bits per heavy atom. The first-order chi connectivity index (χ1) is 8.65. The zero-order valence-electron chi connectivity index (χ0n) is 10.7. The van der Waals surface area contributed by atoms with Crippen molar-refractivity contribution in [2.75, 3.05) is 26.4 Å². The van der Waals surface area contributed by atoms with Crippen LogP contribution in [0.2, 0.25) is 0 Å². The van der Waals surface area contributed by atoms with Crippen LogP contribution < -0.4 is 5.32 Å². The molecule has 1 saturated heterocycles. The van der Waals surface area contributed by atoms with Gasteiger partial charge in [-0.15, -0.1) is 0 Å². The first-order valence-electron chi connectivity index (χ1n) is 6.34. The summed E-state index contributed by atoms with van der Waals surface area (Å²) in [7, 11) is 0. The molecule has 0 saturated carbocycles. The summed E-state index contributed by atoms with van der Waals surface area (Å²) in [6, 6.07) is 6.57. The highest BCUT2D eigenvalue weighted by Gasteiger charge is 2.33. The third-order valence-electron chi connectivity index (χ3n) is 3.63. The molecule has 1 aromatic carbocycles. The summed E-state index contributed by atoms with van der Waals surface area (Å²) in [4.78, 5) is 0. The van der Waals surface area contributed by atoms with Gasteiger partial charge < -0.3 is 15.2 Å². The summed E-state index contributed by atoms with van der Waals surface area (Å²) in [5.41, 5.74) is 0.796. The minimum atomic E-state index is -0.297. The summed E-state index contributed by atoms with van der Waals surface area (Å²) in [5, 5.41) is 12.8. The molecule has 1 heterocycles. The number of ether oxygens (including phenoxy) is 1. The minimum absolute atomic E-state index is 0.0864. The van der Waals surface area contributed by atoms with Crippen LogP contribution in [0.5, 0.6) is 0 Å². The van der Waals surface area contributed by atoms with E-state index in [1.807, 2.05) is 0 Å². The first-order valence-corrected chi connectivity index (χ1v) is 6.34. The summed E-state index contributed by atoms with van der Waals surface area (Å²) in [6.07, 6.45) is 0.833. The maximum absolute atomic E-state index is 12.8. The van der Waals surface area contributed by atoms with Crippen LogP contribution in [0.15, 0.2) is 24.3 Å². The molecule has 1 aromatic rings. The number of aliphatic hydroxyl groups excluding tert-OH is 1. The topological polar surface area (TPSA) is 41.5 Å². The summed E-state index contributed by atoms with van der Waals surface area (Å²) < 4.78 is 18.2. The molecule has 3 nitrogen and oxygen atoms in total. The van der Waals surface area contributed by atoms with Crippen LogP contribution in [-0.2, 0) is 4.74 Å². The Morgan fingerprint density at radius 2 is 2.17 bits per heavy atom. The van der Waals surface area contributed by atoms with Crippen molar-refractivity contribution >= 4 is 0 Å². The molecule has 0 amide bonds. The van der Waals surface area contributed by atoms with Crippen LogP contribution in [0, 0.1) is 5.82 Å². The Balaban J connectivity index is 1.91. The lowest BCUT2D eigenvalue weighted by molar-refractivity contribution is 0.120. The van der Waals surface area contributed by atoms with Crippen molar-refractivity contribution in [3.05, 3.63) is 35.6 Å². The van der Waals surface area contributed by atoms with Gasteiger partial charge in [0.25, 0.3) is 0 Å². The lowest BCUT2D eigenvalue weighted by Gasteiger charge is -2.28. The zero-order valence-corrected chi connectivity index (χ0v) is 10.7. The third kappa shape index (κ3) is 3.07. The molecule has 2 unspecified atom stereocenters. The van der Waals surface area contributed by atoms with Gasteiger partial charge in [-0.2, -0.15) is 0 Å². The molecular weight excluding hydrogens is 233 g/mol. The van der Waals surface area contributed by atoms with Gasteiger partial charge in [0.15, 0.2) is 0 Å². The molecule has 0 bridgehead atoms. The van der Waals surface area contributed by atoms with Crippen LogP contribution in [0.3, 0.4) is 0 Å². The zero-order chi connectivity index (χ0) is 13.0. The summed E-state index contributed by atoms with van der Waals surface area (Å²) >= 11 is 0. The van der Waals surface area contributed by atoms with Gasteiger partial charge in [-0.05, 0) is 30.0 Å². The fourth-order valence-electron chi connectivity index (χ4n) is 2.21. The fraction of sp³-hybridized carbons (Fsp3) is 0.571. The van der Waals surface area contributed by atoms with E-state index in [1.54, 1.807) is 12.1 Å². The van der Waals surface area contributed by atoms with Gasteiger partial charge in [0.05, 0.1) is 18.8 Å². The molecule has 0 radical (unpaired) electrons. The Hall–Kier alpha value is -0.970. The molecular formula is C14H20FNO2. The van der Waals surface area contributed by atoms with E-state index in [0.717, 1.165) is 18.5 Å². The van der Waals surface area contributed by atoms with Crippen molar-refractivity contribution in [1.82, 2.24) is 5.32 Å². The van der Waals surface area contributed by atoms with Crippen molar-refractivity contribution < 1.29 is 14.2 Å². The second kappa shape index (κ2) is 5.78. The highest BCUT2D eigenvalue weighted by molar-refractivity contribution is 5.20. The Morgan fingerprint density at radius 1 is 1.44 bits per heavy atom. The van der Waals surface area contributed by atoms with Crippen LogP contribution in [-0.4, -0.2) is 37.0 Å². The van der Waals surface area contributed by atoms with Gasteiger partial charge in [0.2, 0.25) is 0 Å². The molecule has 4 heteroatoms. The van der Waals surface area contributed by atoms with Gasteiger partial charge in [0.1, 0.15) is 5.82 Å². The Labute approximate surface area is 107 Å². The maximum Gasteiger partial charge on any atom is 0.123 e. The lowest BCUT2D eigenvalue weighted by Crippen LogP contribution is -2.50. The van der Waals surface area contributed by atoms with E-state index in [2.05, 4.69) is 12.2 Å². The average Bonchev–Trinajstić information content (AvgIpc) is 2.86. The van der Waals surface area contributed by atoms with Gasteiger partial charge in [0, 0.05) is 13.2 Å². The Bertz CT molecular complexity index is 374. The number of hydrogen-bond acceptors (Lipinski definition) is 3. The number of rotatable bonds is 5. The summed E-state index contributed by atoms with van der Waals surface area (Å²) in [6.45, 7) is 4.16. The van der Waals surface area contributed by atoms with Gasteiger partial charge in [-0.1, -0.05) is 19.1 Å². The van der Waals surface area contributed by atoms with Crippen molar-refractivity contribution in [2.45, 2.75) is 24.8 Å². The molecule has 0 aliphatic carbocycles. The lowest BCUT2D eigenvalue weighted by atomic mass is 9.96. The fourth-order valence-corrected chi connectivity index (χ4v) is 2.21. The molecule has 1 aliphatic heterocycles. The normalized spacial score (nSPS) is 25.3. The van der Waals surface area contributed by atoms with Crippen molar-refractivity contribution in [1.29, 1.82) is 0 Å². The first kappa shape index (κ1) is 13.5. The van der Waals surface area contributed by atoms with Crippen molar-refractivity contribution in [3.8, 4) is 0 Å². The van der Waals surface area contributed by atoms with E-state index in [0.29, 0.717) is 13.2 Å². The Kier molecular flexibility index (Phi) is 4.32. The minimum Gasteiger partial charge on any atom is -0.394 e. The highest BCUT2D eigenvalue weighted by Crippen LogP contribution is 2.20. The van der Waals surface area contributed by atoms with E-state index in [4.69, 9.17) is 4.74 Å². The smallest absolute Gasteiger partial charge is 0.123 e. The van der Waals surface area contributed by atoms with Gasteiger partial charge in [-0.25, -0.2) is 4.39 Å². The molecule has 0 aromatic heterocycles. The van der Waals surface area contributed by atoms with Crippen LogP contribution in [0.1, 0.15) is 24.8 Å². The number of benzene rings is 1. The van der Waals surface area contributed by atoms with E-state index in [-0.39, 0.29) is 23.9 Å². The van der Waals surface area contributed by atoms with Gasteiger partial charge in [-0.3, -0.25) is 0 Å². The standard InChI is InChI=1S/C14H20FNO2/c1-11(12-2-4-13(15)5-3-12)8-16-14(9-17)6-7-18-10-14/h2-5,11,16-17H,6-10H2,1H3. The quantitative estimate of drug-likeness (QED) is 0.838. The van der Waals surface area contributed by atoms with Crippen LogP contribution in [0.25, 0.3) is 0 Å². The molecule has 1 fully saturated rings. The van der Waals surface area contributed by atoms with E-state index >= 15 is 0 Å². The van der Waals surface area contributed by atoms with Crippen molar-refractivity contribution in [2.24, 2.45) is 0 Å². The monoisotopic (exact) mass is 253 g/mol. The second-order valence-corrected chi connectivity index (χ2v) is 5.07. The average molecular weight is 253 g/mol. The number of halogens is 1. The molecule has 2 atom stereocenters. The molecule has 100 valence electrons. The van der Waals surface area contributed by atoms with Gasteiger partial charge >= 0.3 is 0 Å². The maximum atomic E-state index is 12.8. The van der Waals surface area contributed by atoms with Crippen LogP contribution in [0.4, 0.5) is 4.39 Å². The van der Waals surface area contributed by atoms with E-state index in [9.17, 15) is 9.50 Å². The van der Waals surface area contributed by atoms with E-state index < -0.39 is 0 Å². The second-order valence-electron chi connectivity index (χ2n) is 5.07. The number of aliphatic hydroxyl groups is 1. The highest BCUT2D eigenvalue weighted by atomic mass is 19.1. The number of nitrogens with one attached hydrogen (secondary N) is 1. The number of hydrogen-bond donors (Lipinski definition) is 2. The SMILES string of the molecule is CC(CNC1(CO)CCOC1)c1ccc(F)cc1. The molecule has 0 spiro atoms.